The van der Waals surface area contributed by atoms with Crippen molar-refractivity contribution >= 4 is 29.3 Å². The van der Waals surface area contributed by atoms with Gasteiger partial charge in [-0.1, -0.05) is 36.2 Å². The van der Waals surface area contributed by atoms with Gasteiger partial charge in [0, 0.05) is 29.2 Å². The van der Waals surface area contributed by atoms with Crippen molar-refractivity contribution in [3.8, 4) is 5.75 Å². The van der Waals surface area contributed by atoms with Crippen molar-refractivity contribution in [2.24, 2.45) is 0 Å². The molecule has 0 spiro atoms. The number of carbonyl (C=O) groups excluding carboxylic acids is 1. The highest BCUT2D eigenvalue weighted by atomic mass is 35.5. The van der Waals surface area contributed by atoms with E-state index in [-0.39, 0.29) is 6.03 Å². The quantitative estimate of drug-likeness (QED) is 0.566. The molecule has 1 N–H and O–H groups in total. The van der Waals surface area contributed by atoms with Crippen LogP contribution in [0.15, 0.2) is 48.5 Å². The van der Waals surface area contributed by atoms with Crippen LogP contribution in [0.1, 0.15) is 37.6 Å². The lowest BCUT2D eigenvalue weighted by Gasteiger charge is -2.24. The number of para-hydroxylation sites is 1. The van der Waals surface area contributed by atoms with Gasteiger partial charge in [-0.25, -0.2) is 4.79 Å². The second-order valence-corrected chi connectivity index (χ2v) is 7.88. The molecular formula is C23H26ClN5O2. The SMILES string of the molecule is CCOc1ccccc1CN(C(=O)Nc1ccc(Cl)cc1)c1nnc2n1CCCCC2. The van der Waals surface area contributed by atoms with E-state index in [0.717, 1.165) is 49.4 Å². The van der Waals surface area contributed by atoms with Crippen LogP contribution >= 0.6 is 11.6 Å². The monoisotopic (exact) mass is 439 g/mol. The largest absolute Gasteiger partial charge is 0.494 e. The van der Waals surface area contributed by atoms with Crippen molar-refractivity contribution in [1.82, 2.24) is 14.8 Å². The van der Waals surface area contributed by atoms with Crippen LogP contribution in [0.5, 0.6) is 5.75 Å². The van der Waals surface area contributed by atoms with Crippen LogP contribution in [0.2, 0.25) is 5.02 Å². The Balaban J connectivity index is 1.68. The number of fused-ring (bicyclic) bond motifs is 1. The maximum Gasteiger partial charge on any atom is 0.329 e. The Hall–Kier alpha value is -3.06. The Kier molecular flexibility index (Phi) is 6.72. The Labute approximate surface area is 187 Å². The van der Waals surface area contributed by atoms with Crippen LogP contribution in [0.4, 0.5) is 16.4 Å². The number of rotatable bonds is 6. The molecule has 0 aliphatic carbocycles. The third kappa shape index (κ3) is 4.99. The third-order valence-electron chi connectivity index (χ3n) is 5.27. The molecule has 0 radical (unpaired) electrons. The molecule has 0 bridgehead atoms. The molecule has 2 amide bonds. The number of anilines is 2. The highest BCUT2D eigenvalue weighted by Crippen LogP contribution is 2.26. The number of aryl methyl sites for hydroxylation is 1. The van der Waals surface area contributed by atoms with E-state index >= 15 is 0 Å². The Bertz CT molecular complexity index is 1030. The zero-order chi connectivity index (χ0) is 21.6. The number of nitrogens with zero attached hydrogens (tertiary/aromatic N) is 4. The molecule has 1 aliphatic heterocycles. The first-order chi connectivity index (χ1) is 15.2. The van der Waals surface area contributed by atoms with Crippen LogP contribution in [0.25, 0.3) is 0 Å². The molecule has 8 heteroatoms. The van der Waals surface area contributed by atoms with Gasteiger partial charge in [0.05, 0.1) is 13.2 Å². The smallest absolute Gasteiger partial charge is 0.329 e. The molecule has 7 nitrogen and oxygen atoms in total. The fourth-order valence-electron chi connectivity index (χ4n) is 3.73. The van der Waals surface area contributed by atoms with Crippen LogP contribution in [0, 0.1) is 0 Å². The second-order valence-electron chi connectivity index (χ2n) is 7.44. The zero-order valence-corrected chi connectivity index (χ0v) is 18.3. The summed E-state index contributed by atoms with van der Waals surface area (Å²) in [7, 11) is 0. The van der Waals surface area contributed by atoms with E-state index in [1.54, 1.807) is 29.2 Å². The Morgan fingerprint density at radius 3 is 2.74 bits per heavy atom. The number of hydrogen-bond donors (Lipinski definition) is 1. The van der Waals surface area contributed by atoms with Gasteiger partial charge in [0.1, 0.15) is 11.6 Å². The summed E-state index contributed by atoms with van der Waals surface area (Å²) in [6, 6.07) is 14.5. The number of amides is 2. The van der Waals surface area contributed by atoms with Crippen molar-refractivity contribution < 1.29 is 9.53 Å². The van der Waals surface area contributed by atoms with Crippen LogP contribution in [0.3, 0.4) is 0 Å². The van der Waals surface area contributed by atoms with Crippen molar-refractivity contribution in [3.63, 3.8) is 0 Å². The molecule has 2 heterocycles. The van der Waals surface area contributed by atoms with Gasteiger partial charge >= 0.3 is 6.03 Å². The lowest BCUT2D eigenvalue weighted by Crippen LogP contribution is -2.36. The van der Waals surface area contributed by atoms with Crippen LogP contribution < -0.4 is 15.0 Å². The van der Waals surface area contributed by atoms with E-state index in [1.165, 1.54) is 0 Å². The van der Waals surface area contributed by atoms with Crippen molar-refractivity contribution in [3.05, 3.63) is 64.9 Å². The summed E-state index contributed by atoms with van der Waals surface area (Å²) in [6.07, 6.45) is 4.14. The maximum atomic E-state index is 13.4. The number of ether oxygens (including phenoxy) is 1. The average Bonchev–Trinajstić information content (AvgIpc) is 3.02. The van der Waals surface area contributed by atoms with E-state index in [0.29, 0.717) is 29.8 Å². The van der Waals surface area contributed by atoms with E-state index in [1.807, 2.05) is 31.2 Å². The molecule has 3 aromatic rings. The zero-order valence-electron chi connectivity index (χ0n) is 17.6. The predicted molar refractivity (Wildman–Crippen MR) is 122 cm³/mol. The summed E-state index contributed by atoms with van der Waals surface area (Å²) in [5.41, 5.74) is 1.56. The molecule has 1 aromatic heterocycles. The predicted octanol–water partition coefficient (Wildman–Crippen LogP) is 5.30. The highest BCUT2D eigenvalue weighted by Gasteiger charge is 2.26. The van der Waals surface area contributed by atoms with Gasteiger partial charge in [-0.2, -0.15) is 0 Å². The molecular weight excluding hydrogens is 414 g/mol. The standard InChI is InChI=1S/C23H26ClN5O2/c1-2-31-20-9-6-5-8-17(20)16-29(23(30)25-19-13-11-18(24)12-14-19)22-27-26-21-10-4-3-7-15-28(21)22/h5-6,8-9,11-14H,2-4,7,10,15-16H2,1H3,(H,25,30). The van der Waals surface area contributed by atoms with Crippen LogP contribution in [-0.4, -0.2) is 27.4 Å². The number of nitrogens with one attached hydrogen (secondary N) is 1. The third-order valence-corrected chi connectivity index (χ3v) is 5.52. The summed E-state index contributed by atoms with van der Waals surface area (Å²) >= 11 is 5.98. The van der Waals surface area contributed by atoms with Gasteiger partial charge in [0.15, 0.2) is 0 Å². The first-order valence-corrected chi connectivity index (χ1v) is 11.0. The summed E-state index contributed by atoms with van der Waals surface area (Å²) in [5, 5.41) is 12.4. The fraction of sp³-hybridized carbons (Fsp3) is 0.348. The van der Waals surface area contributed by atoms with Gasteiger partial charge < -0.3 is 10.1 Å². The number of hydrogen-bond acceptors (Lipinski definition) is 4. The van der Waals surface area contributed by atoms with Gasteiger partial charge in [0.2, 0.25) is 5.95 Å². The van der Waals surface area contributed by atoms with Gasteiger partial charge in [-0.3, -0.25) is 9.47 Å². The maximum absolute atomic E-state index is 13.4. The van der Waals surface area contributed by atoms with E-state index < -0.39 is 0 Å². The number of aromatic nitrogens is 3. The van der Waals surface area contributed by atoms with Gasteiger partial charge in [0.25, 0.3) is 0 Å². The minimum absolute atomic E-state index is 0.284. The molecule has 0 atom stereocenters. The van der Waals surface area contributed by atoms with E-state index in [4.69, 9.17) is 16.3 Å². The van der Waals surface area contributed by atoms with E-state index in [9.17, 15) is 4.79 Å². The molecule has 4 rings (SSSR count). The minimum Gasteiger partial charge on any atom is -0.494 e. The van der Waals surface area contributed by atoms with E-state index in [2.05, 4.69) is 20.1 Å². The summed E-state index contributed by atoms with van der Waals surface area (Å²) < 4.78 is 7.85. The van der Waals surface area contributed by atoms with Gasteiger partial charge in [-0.05, 0) is 50.1 Å². The van der Waals surface area contributed by atoms with Crippen molar-refractivity contribution in [2.75, 3.05) is 16.8 Å². The molecule has 31 heavy (non-hydrogen) atoms. The lowest BCUT2D eigenvalue weighted by atomic mass is 10.2. The molecule has 0 fully saturated rings. The fourth-order valence-corrected chi connectivity index (χ4v) is 3.85. The summed E-state index contributed by atoms with van der Waals surface area (Å²) in [4.78, 5) is 15.0. The molecule has 0 unspecified atom stereocenters. The first kappa shape index (κ1) is 21.2. The molecule has 1 aliphatic rings. The number of halogens is 1. The van der Waals surface area contributed by atoms with Crippen molar-refractivity contribution in [2.45, 2.75) is 45.7 Å². The Morgan fingerprint density at radius 1 is 1.13 bits per heavy atom. The number of benzene rings is 2. The Morgan fingerprint density at radius 2 is 1.94 bits per heavy atom. The number of carbonyl (C=O) groups is 1. The molecule has 2 aromatic carbocycles. The second kappa shape index (κ2) is 9.83. The topological polar surface area (TPSA) is 72.3 Å². The summed E-state index contributed by atoms with van der Waals surface area (Å²) in [5.74, 6) is 2.23. The first-order valence-electron chi connectivity index (χ1n) is 10.6. The molecule has 0 saturated carbocycles. The van der Waals surface area contributed by atoms with Gasteiger partial charge in [-0.15, -0.1) is 10.2 Å². The average molecular weight is 440 g/mol. The minimum atomic E-state index is -0.284. The van der Waals surface area contributed by atoms with Crippen LogP contribution in [-0.2, 0) is 19.5 Å². The molecule has 162 valence electrons. The summed E-state index contributed by atoms with van der Waals surface area (Å²) in [6.45, 7) is 3.61. The normalized spacial score (nSPS) is 13.2. The van der Waals surface area contributed by atoms with Crippen molar-refractivity contribution in [1.29, 1.82) is 0 Å². The number of urea groups is 1. The highest BCUT2D eigenvalue weighted by molar-refractivity contribution is 6.30. The molecule has 0 saturated heterocycles. The lowest BCUT2D eigenvalue weighted by molar-refractivity contribution is 0.256.